The number of aryl methyl sites for hydroxylation is 1. The van der Waals surface area contributed by atoms with Crippen molar-refractivity contribution in [3.63, 3.8) is 0 Å². The molecule has 0 unspecified atom stereocenters. The summed E-state index contributed by atoms with van der Waals surface area (Å²) in [5.41, 5.74) is 1.92. The van der Waals surface area contributed by atoms with Gasteiger partial charge in [0.15, 0.2) is 11.5 Å². The molecule has 1 aliphatic rings. The molecular formula is C25H26N2O6S. The maximum atomic E-state index is 12.8. The van der Waals surface area contributed by atoms with Gasteiger partial charge in [-0.25, -0.2) is 8.42 Å². The van der Waals surface area contributed by atoms with Crippen molar-refractivity contribution < 1.29 is 27.4 Å². The Balaban J connectivity index is 1.34. The number of rotatable bonds is 9. The first-order chi connectivity index (χ1) is 16.4. The minimum atomic E-state index is -3.82. The van der Waals surface area contributed by atoms with E-state index in [1.807, 2.05) is 31.2 Å². The number of nitrogens with one attached hydrogen (secondary N) is 2. The molecule has 0 saturated heterocycles. The van der Waals surface area contributed by atoms with Gasteiger partial charge in [0.25, 0.3) is 10.0 Å². The van der Waals surface area contributed by atoms with Crippen molar-refractivity contribution in [3.05, 3.63) is 72.3 Å². The maximum Gasteiger partial charge on any atom is 0.262 e. The van der Waals surface area contributed by atoms with Crippen LogP contribution in [0.15, 0.2) is 71.6 Å². The fraction of sp³-hybridized carbons (Fsp3) is 0.240. The molecule has 9 heteroatoms. The second-order valence-electron chi connectivity index (χ2n) is 7.58. The van der Waals surface area contributed by atoms with Crippen LogP contribution in [0.4, 0.5) is 11.4 Å². The van der Waals surface area contributed by atoms with Crippen LogP contribution in [0.1, 0.15) is 18.9 Å². The normalized spacial score (nSPS) is 12.6. The van der Waals surface area contributed by atoms with E-state index in [9.17, 15) is 13.2 Å². The van der Waals surface area contributed by atoms with E-state index in [-0.39, 0.29) is 10.8 Å². The Morgan fingerprint density at radius 2 is 1.65 bits per heavy atom. The van der Waals surface area contributed by atoms with Gasteiger partial charge in [0.05, 0.1) is 11.5 Å². The monoisotopic (exact) mass is 482 g/mol. The Kier molecular flexibility index (Phi) is 7.22. The average Bonchev–Trinajstić information content (AvgIpc) is 2.84. The lowest BCUT2D eigenvalue weighted by Gasteiger charge is -2.19. The number of ether oxygens (including phenoxy) is 3. The van der Waals surface area contributed by atoms with Gasteiger partial charge in [-0.1, -0.05) is 18.2 Å². The van der Waals surface area contributed by atoms with Crippen LogP contribution in [0, 0.1) is 0 Å². The van der Waals surface area contributed by atoms with Gasteiger partial charge in [-0.05, 0) is 61.4 Å². The van der Waals surface area contributed by atoms with Gasteiger partial charge in [0.2, 0.25) is 5.91 Å². The van der Waals surface area contributed by atoms with Crippen LogP contribution in [0.2, 0.25) is 0 Å². The van der Waals surface area contributed by atoms with Crippen molar-refractivity contribution in [2.24, 2.45) is 0 Å². The topological polar surface area (TPSA) is 103 Å². The summed E-state index contributed by atoms with van der Waals surface area (Å²) in [4.78, 5) is 12.5. The third-order valence-electron chi connectivity index (χ3n) is 5.14. The maximum absolute atomic E-state index is 12.8. The fourth-order valence-electron chi connectivity index (χ4n) is 3.50. The van der Waals surface area contributed by atoms with Gasteiger partial charge >= 0.3 is 0 Å². The second kappa shape index (κ2) is 10.5. The number of para-hydroxylation sites is 1. The lowest BCUT2D eigenvalue weighted by molar-refractivity contribution is -0.116. The van der Waals surface area contributed by atoms with Crippen LogP contribution in [0.3, 0.4) is 0 Å². The number of benzene rings is 3. The standard InChI is InChI=1S/C25H26N2O6S/c1-2-31-22-6-4-3-5-18(22)7-14-25(28)26-19-8-10-20(11-9-19)27-34(29,30)21-12-13-23-24(17-21)33-16-15-32-23/h3-6,8-13,17,27H,2,7,14-16H2,1H3,(H,26,28). The molecule has 1 amide bonds. The van der Waals surface area contributed by atoms with Crippen molar-refractivity contribution in [1.29, 1.82) is 0 Å². The highest BCUT2D eigenvalue weighted by Crippen LogP contribution is 2.32. The molecule has 0 bridgehead atoms. The highest BCUT2D eigenvalue weighted by Gasteiger charge is 2.19. The average molecular weight is 483 g/mol. The van der Waals surface area contributed by atoms with Crippen molar-refractivity contribution >= 4 is 27.3 Å². The van der Waals surface area contributed by atoms with Crippen LogP contribution >= 0.6 is 0 Å². The number of carbonyl (C=O) groups is 1. The minimum Gasteiger partial charge on any atom is -0.494 e. The molecule has 8 nitrogen and oxygen atoms in total. The van der Waals surface area contributed by atoms with Gasteiger partial charge in [-0.2, -0.15) is 0 Å². The number of amides is 1. The SMILES string of the molecule is CCOc1ccccc1CCC(=O)Nc1ccc(NS(=O)(=O)c2ccc3c(c2)OCCO3)cc1. The Bertz CT molecular complexity index is 1260. The van der Waals surface area contributed by atoms with Crippen molar-refractivity contribution in [1.82, 2.24) is 0 Å². The molecule has 1 heterocycles. The number of sulfonamides is 1. The van der Waals surface area contributed by atoms with E-state index in [0.29, 0.717) is 55.5 Å². The third-order valence-corrected chi connectivity index (χ3v) is 6.52. The molecule has 0 aromatic heterocycles. The smallest absolute Gasteiger partial charge is 0.262 e. The molecule has 0 fully saturated rings. The number of anilines is 2. The zero-order valence-electron chi connectivity index (χ0n) is 18.7. The zero-order chi connectivity index (χ0) is 24.0. The van der Waals surface area contributed by atoms with Crippen LogP contribution in [0.25, 0.3) is 0 Å². The van der Waals surface area contributed by atoms with Gasteiger partial charge in [0.1, 0.15) is 19.0 Å². The Hall–Kier alpha value is -3.72. The summed E-state index contributed by atoms with van der Waals surface area (Å²) in [6.45, 7) is 3.29. The first-order valence-corrected chi connectivity index (χ1v) is 12.5. The van der Waals surface area contributed by atoms with Gasteiger partial charge < -0.3 is 19.5 Å². The number of fused-ring (bicyclic) bond motifs is 1. The molecule has 4 rings (SSSR count). The van der Waals surface area contributed by atoms with Crippen LogP contribution in [-0.2, 0) is 21.2 Å². The number of hydrogen-bond acceptors (Lipinski definition) is 6. The summed E-state index contributed by atoms with van der Waals surface area (Å²) in [6, 6.07) is 18.6. The van der Waals surface area contributed by atoms with E-state index in [4.69, 9.17) is 14.2 Å². The third kappa shape index (κ3) is 5.79. The molecule has 34 heavy (non-hydrogen) atoms. The molecule has 1 aliphatic heterocycles. The number of hydrogen-bond donors (Lipinski definition) is 2. The summed E-state index contributed by atoms with van der Waals surface area (Å²) in [5.74, 6) is 1.56. The second-order valence-corrected chi connectivity index (χ2v) is 9.26. The van der Waals surface area contributed by atoms with E-state index >= 15 is 0 Å². The van der Waals surface area contributed by atoms with E-state index in [1.165, 1.54) is 12.1 Å². The largest absolute Gasteiger partial charge is 0.494 e. The first kappa shape index (κ1) is 23.4. The van der Waals surface area contributed by atoms with E-state index in [0.717, 1.165) is 11.3 Å². The highest BCUT2D eigenvalue weighted by atomic mass is 32.2. The summed E-state index contributed by atoms with van der Waals surface area (Å²) in [7, 11) is -3.82. The molecule has 0 spiro atoms. The van der Waals surface area contributed by atoms with Crippen molar-refractivity contribution in [2.45, 2.75) is 24.7 Å². The summed E-state index contributed by atoms with van der Waals surface area (Å²) in [6.07, 6.45) is 0.845. The Labute approximate surface area is 198 Å². The minimum absolute atomic E-state index is 0.0708. The molecule has 178 valence electrons. The van der Waals surface area contributed by atoms with Crippen LogP contribution in [0.5, 0.6) is 17.2 Å². The quantitative estimate of drug-likeness (QED) is 0.473. The molecule has 0 atom stereocenters. The van der Waals surface area contributed by atoms with Gasteiger partial charge in [-0.3, -0.25) is 9.52 Å². The predicted octanol–water partition coefficient (Wildman–Crippen LogP) is 4.23. The van der Waals surface area contributed by atoms with Crippen molar-refractivity contribution in [2.75, 3.05) is 29.9 Å². The van der Waals surface area contributed by atoms with E-state index < -0.39 is 10.0 Å². The predicted molar refractivity (Wildman–Crippen MR) is 129 cm³/mol. The van der Waals surface area contributed by atoms with Crippen LogP contribution in [-0.4, -0.2) is 34.1 Å². The van der Waals surface area contributed by atoms with Gasteiger partial charge in [-0.15, -0.1) is 0 Å². The fourth-order valence-corrected chi connectivity index (χ4v) is 4.58. The highest BCUT2D eigenvalue weighted by molar-refractivity contribution is 7.92. The summed E-state index contributed by atoms with van der Waals surface area (Å²) >= 11 is 0. The Morgan fingerprint density at radius 1 is 0.941 bits per heavy atom. The molecule has 0 radical (unpaired) electrons. The van der Waals surface area contributed by atoms with Gasteiger partial charge in [0, 0.05) is 23.9 Å². The molecule has 3 aromatic carbocycles. The number of carbonyl (C=O) groups excluding carboxylic acids is 1. The lowest BCUT2D eigenvalue weighted by atomic mass is 10.1. The molecule has 0 aliphatic carbocycles. The lowest BCUT2D eigenvalue weighted by Crippen LogP contribution is -2.17. The molecule has 0 saturated carbocycles. The van der Waals surface area contributed by atoms with Crippen molar-refractivity contribution in [3.8, 4) is 17.2 Å². The van der Waals surface area contributed by atoms with Crippen LogP contribution < -0.4 is 24.2 Å². The molecule has 2 N–H and O–H groups in total. The molecular weight excluding hydrogens is 456 g/mol. The van der Waals surface area contributed by atoms with E-state index in [1.54, 1.807) is 30.3 Å². The first-order valence-electron chi connectivity index (χ1n) is 11.0. The molecule has 3 aromatic rings. The van der Waals surface area contributed by atoms with E-state index in [2.05, 4.69) is 10.0 Å². The summed E-state index contributed by atoms with van der Waals surface area (Å²) < 4.78 is 44.5. The summed E-state index contributed by atoms with van der Waals surface area (Å²) in [5, 5.41) is 2.83. The zero-order valence-corrected chi connectivity index (χ0v) is 19.6. The Morgan fingerprint density at radius 3 is 2.41 bits per heavy atom.